The Hall–Kier alpha value is 0.160. The van der Waals surface area contributed by atoms with Crippen molar-refractivity contribution in [1.29, 1.82) is 0 Å². The van der Waals surface area contributed by atoms with E-state index in [1.165, 1.54) is 90.9 Å². The van der Waals surface area contributed by atoms with Gasteiger partial charge in [-0.15, -0.1) is 0 Å². The van der Waals surface area contributed by atoms with Gasteiger partial charge >= 0.3 is 49.7 Å². The number of carbonyl (C=O) groups excluding carboxylic acids is 1. The van der Waals surface area contributed by atoms with Gasteiger partial charge in [-0.3, -0.25) is 4.79 Å². The van der Waals surface area contributed by atoms with E-state index in [4.69, 9.17) is 4.74 Å². The molecule has 176 valence electrons. The molecule has 2 atom stereocenters. The van der Waals surface area contributed by atoms with E-state index in [2.05, 4.69) is 6.92 Å². The monoisotopic (exact) mass is 456 g/mol. The second-order valence-corrected chi connectivity index (χ2v) is 8.76. The molecule has 0 rings (SSSR count). The fourth-order valence-corrected chi connectivity index (χ4v) is 3.68. The van der Waals surface area contributed by atoms with Crippen molar-refractivity contribution in [2.24, 2.45) is 0 Å². The number of aliphatic hydroxyl groups excluding tert-OH is 1. The van der Waals surface area contributed by atoms with Crippen LogP contribution in [-0.2, 0) is 14.3 Å². The normalized spacial score (nSPS) is 13.9. The molecular formula is C24H48CaO5. The molecule has 0 bridgehead atoms. The number of unbranched alkanes of at least 4 members (excludes halogenated alkanes) is 14. The van der Waals surface area contributed by atoms with E-state index in [1.807, 2.05) is 0 Å². The van der Waals surface area contributed by atoms with Crippen LogP contribution in [0.1, 0.15) is 133 Å². The summed E-state index contributed by atoms with van der Waals surface area (Å²) >= 11 is 0. The third kappa shape index (κ3) is 18.9. The summed E-state index contributed by atoms with van der Waals surface area (Å²) in [6.07, 6.45) is 18.2. The molecule has 0 aliphatic heterocycles. The zero-order valence-corrected chi connectivity index (χ0v) is 22.1. The van der Waals surface area contributed by atoms with Crippen LogP contribution in [-0.4, -0.2) is 71.6 Å². The molecule has 2 N–H and O–H groups in total. The number of carboxylic acid groups (broad SMARTS) is 1. The Bertz CT molecular complexity index is 439. The molecule has 0 spiro atoms. The van der Waals surface area contributed by atoms with Crippen molar-refractivity contribution in [2.45, 2.75) is 142 Å². The zero-order valence-electron chi connectivity index (χ0n) is 21.9. The van der Waals surface area contributed by atoms with Gasteiger partial charge in [-0.1, -0.05) is 96.8 Å². The predicted octanol–water partition coefficient (Wildman–Crippen LogP) is 6.25. The average molecular weight is 457 g/mol. The molecule has 6 heteroatoms. The van der Waals surface area contributed by atoms with E-state index in [-0.39, 0.29) is 53.4 Å². The molecule has 0 aromatic heterocycles. The first-order chi connectivity index (χ1) is 13.8. The van der Waals surface area contributed by atoms with E-state index in [9.17, 15) is 19.8 Å². The molecule has 0 saturated heterocycles. The van der Waals surface area contributed by atoms with Gasteiger partial charge in [0.25, 0.3) is 0 Å². The first-order valence-electron chi connectivity index (χ1n) is 11.9. The summed E-state index contributed by atoms with van der Waals surface area (Å²) in [6, 6.07) is 0. The number of hydrogen-bond acceptors (Lipinski definition) is 4. The molecule has 2 unspecified atom stereocenters. The largest absolute Gasteiger partial charge is 2.00 e. The number of aliphatic hydroxyl groups is 1. The van der Waals surface area contributed by atoms with Gasteiger partial charge in [0.15, 0.2) is 0 Å². The van der Waals surface area contributed by atoms with Crippen LogP contribution in [0.25, 0.3) is 0 Å². The molecule has 0 amide bonds. The van der Waals surface area contributed by atoms with Crippen LogP contribution in [0.2, 0.25) is 0 Å². The Balaban J connectivity index is -0.00000131. The van der Waals surface area contributed by atoms with E-state index < -0.39 is 23.6 Å². The van der Waals surface area contributed by atoms with E-state index in [0.717, 1.165) is 19.3 Å². The minimum Gasteiger partial charge on any atom is -1.00 e. The summed E-state index contributed by atoms with van der Waals surface area (Å²) in [5.41, 5.74) is -1.65. The molecule has 0 aromatic carbocycles. The number of rotatable bonds is 20. The van der Waals surface area contributed by atoms with Crippen LogP contribution in [0, 0.1) is 0 Å². The maximum atomic E-state index is 11.9. The Morgan fingerprint density at radius 3 is 1.53 bits per heavy atom. The third-order valence-electron chi connectivity index (χ3n) is 5.46. The van der Waals surface area contributed by atoms with Crippen molar-refractivity contribution in [3.8, 4) is 0 Å². The van der Waals surface area contributed by atoms with Gasteiger partial charge in [0, 0.05) is 12.8 Å². The zero-order chi connectivity index (χ0) is 22.0. The summed E-state index contributed by atoms with van der Waals surface area (Å²) in [4.78, 5) is 23.2. The Morgan fingerprint density at radius 2 is 1.20 bits per heavy atom. The van der Waals surface area contributed by atoms with Gasteiger partial charge in [-0.05, 0) is 20.3 Å². The van der Waals surface area contributed by atoms with E-state index in [1.54, 1.807) is 0 Å². The van der Waals surface area contributed by atoms with Crippen molar-refractivity contribution in [3.05, 3.63) is 0 Å². The fourth-order valence-electron chi connectivity index (χ4n) is 3.68. The number of carboxylic acids is 1. The van der Waals surface area contributed by atoms with Crippen molar-refractivity contribution in [3.63, 3.8) is 0 Å². The first-order valence-corrected chi connectivity index (χ1v) is 11.9. The van der Waals surface area contributed by atoms with Crippen molar-refractivity contribution in [2.75, 3.05) is 0 Å². The minimum absolute atomic E-state index is 0. The molecule has 30 heavy (non-hydrogen) atoms. The van der Waals surface area contributed by atoms with Gasteiger partial charge in [-0.2, -0.15) is 0 Å². The maximum Gasteiger partial charge on any atom is 2.00 e. The van der Waals surface area contributed by atoms with Crippen LogP contribution in [0.4, 0.5) is 0 Å². The quantitative estimate of drug-likeness (QED) is 0.128. The summed E-state index contributed by atoms with van der Waals surface area (Å²) in [6.45, 7) is 5.09. The fraction of sp³-hybridized carbons (Fsp3) is 0.917. The van der Waals surface area contributed by atoms with Crippen LogP contribution in [0.3, 0.4) is 0 Å². The average Bonchev–Trinajstić information content (AvgIpc) is 2.64. The van der Waals surface area contributed by atoms with Crippen molar-refractivity contribution < 1.29 is 27.4 Å². The summed E-state index contributed by atoms with van der Waals surface area (Å²) in [5.74, 6) is -1.71. The molecule has 0 aliphatic rings. The maximum absolute atomic E-state index is 11.9. The van der Waals surface area contributed by atoms with Crippen LogP contribution >= 0.6 is 0 Å². The molecule has 0 fully saturated rings. The number of esters is 1. The molecular weight excluding hydrogens is 408 g/mol. The minimum atomic E-state index is -1.65. The molecule has 0 heterocycles. The second kappa shape index (κ2) is 21.0. The standard InChI is InChI=1S/C24H46O5.Ca.2H/c1-4-5-6-7-8-9-10-11-12-13-14-15-16-17-18-19-22(26)29-24(3,23(27)28)20-21(2)25;;;/h21,25H,4-20H2,1-3H3,(H,27,28);;;/q;+2;2*-1. The van der Waals surface area contributed by atoms with Crippen LogP contribution in [0.5, 0.6) is 0 Å². The number of hydrogen-bond donors (Lipinski definition) is 2. The Morgan fingerprint density at radius 1 is 0.833 bits per heavy atom. The smallest absolute Gasteiger partial charge is 1.00 e. The summed E-state index contributed by atoms with van der Waals surface area (Å²) < 4.78 is 5.13. The topological polar surface area (TPSA) is 83.8 Å². The van der Waals surface area contributed by atoms with Gasteiger partial charge in [0.1, 0.15) is 0 Å². The summed E-state index contributed by atoms with van der Waals surface area (Å²) in [5, 5.41) is 18.7. The van der Waals surface area contributed by atoms with Crippen molar-refractivity contribution in [1.82, 2.24) is 0 Å². The summed E-state index contributed by atoms with van der Waals surface area (Å²) in [7, 11) is 0. The molecule has 0 aromatic rings. The number of aliphatic carboxylic acids is 1. The van der Waals surface area contributed by atoms with Crippen molar-refractivity contribution >= 4 is 49.7 Å². The van der Waals surface area contributed by atoms with Crippen LogP contribution < -0.4 is 0 Å². The Kier molecular flexibility index (Phi) is 22.7. The third-order valence-corrected chi connectivity index (χ3v) is 5.46. The SMILES string of the molecule is CCCCCCCCCCCCCCCCCC(=O)OC(C)(CC(C)O)C(=O)O.[Ca+2].[H-].[H-]. The van der Waals surface area contributed by atoms with E-state index in [0.29, 0.717) is 0 Å². The molecule has 5 nitrogen and oxygen atoms in total. The van der Waals surface area contributed by atoms with Gasteiger partial charge in [0.05, 0.1) is 6.10 Å². The number of ether oxygens (including phenoxy) is 1. The predicted molar refractivity (Wildman–Crippen MR) is 126 cm³/mol. The number of carbonyl (C=O) groups is 2. The second-order valence-electron chi connectivity index (χ2n) is 8.76. The molecule has 0 saturated carbocycles. The van der Waals surface area contributed by atoms with Gasteiger partial charge in [0.2, 0.25) is 5.60 Å². The molecule has 0 radical (unpaired) electrons. The molecule has 0 aliphatic carbocycles. The van der Waals surface area contributed by atoms with Crippen LogP contribution in [0.15, 0.2) is 0 Å². The van der Waals surface area contributed by atoms with E-state index >= 15 is 0 Å². The van der Waals surface area contributed by atoms with Gasteiger partial charge < -0.3 is 17.8 Å². The van der Waals surface area contributed by atoms with Gasteiger partial charge in [-0.25, -0.2) is 4.79 Å². The Labute approximate surface area is 217 Å². The first kappa shape index (κ1) is 32.3.